The molecule has 8 heteroatoms. The van der Waals surface area contributed by atoms with Crippen molar-refractivity contribution in [2.24, 2.45) is 0 Å². The molecule has 0 saturated heterocycles. The van der Waals surface area contributed by atoms with Crippen molar-refractivity contribution in [1.82, 2.24) is 4.90 Å². The molecule has 29 heavy (non-hydrogen) atoms. The number of carbonyl (C=O) groups is 1. The summed E-state index contributed by atoms with van der Waals surface area (Å²) >= 11 is 1.62. The SMILES string of the molecule is CC(=O)Nc1ccc(S(=O)(=O)N2CC=C(CCN(C)C)Sc3ccccc32)cc1. The Morgan fingerprint density at radius 2 is 1.83 bits per heavy atom. The lowest BCUT2D eigenvalue weighted by molar-refractivity contribution is -0.114. The van der Waals surface area contributed by atoms with Crippen LogP contribution in [0.1, 0.15) is 13.3 Å². The van der Waals surface area contributed by atoms with E-state index in [0.717, 1.165) is 22.8 Å². The second-order valence-electron chi connectivity index (χ2n) is 7.04. The number of carbonyl (C=O) groups excluding carboxylic acids is 1. The number of amides is 1. The van der Waals surface area contributed by atoms with Gasteiger partial charge in [-0.25, -0.2) is 8.42 Å². The zero-order valence-corrected chi connectivity index (χ0v) is 18.4. The standard InChI is InChI=1S/C21H25N3O3S2/c1-16(25)22-17-8-10-19(11-9-17)29(26,27)24-15-13-18(12-14-23(2)3)28-21-7-5-4-6-20(21)24/h4-11,13H,12,14-15H2,1-3H3,(H,22,25). The van der Waals surface area contributed by atoms with Crippen LogP contribution in [-0.4, -0.2) is 46.4 Å². The van der Waals surface area contributed by atoms with Gasteiger partial charge in [0, 0.05) is 24.1 Å². The zero-order valence-electron chi connectivity index (χ0n) is 16.8. The zero-order chi connectivity index (χ0) is 21.0. The molecule has 2 aromatic rings. The maximum absolute atomic E-state index is 13.4. The van der Waals surface area contributed by atoms with E-state index in [0.29, 0.717) is 11.4 Å². The van der Waals surface area contributed by atoms with Crippen LogP contribution in [0.2, 0.25) is 0 Å². The molecule has 0 saturated carbocycles. The summed E-state index contributed by atoms with van der Waals surface area (Å²) in [6.45, 7) is 2.59. The van der Waals surface area contributed by atoms with Gasteiger partial charge in [-0.15, -0.1) is 0 Å². The second kappa shape index (κ2) is 9.02. The van der Waals surface area contributed by atoms with Crippen LogP contribution in [0.5, 0.6) is 0 Å². The quantitative estimate of drug-likeness (QED) is 0.754. The Morgan fingerprint density at radius 1 is 1.14 bits per heavy atom. The molecule has 1 aliphatic rings. The third-order valence-electron chi connectivity index (χ3n) is 4.43. The maximum atomic E-state index is 13.4. The van der Waals surface area contributed by atoms with Gasteiger partial charge in [0.25, 0.3) is 10.0 Å². The molecule has 1 heterocycles. The van der Waals surface area contributed by atoms with Crippen molar-refractivity contribution in [3.05, 3.63) is 59.5 Å². The predicted octanol–water partition coefficient (Wildman–Crippen LogP) is 3.78. The number of sulfonamides is 1. The van der Waals surface area contributed by atoms with E-state index in [1.165, 1.54) is 23.4 Å². The van der Waals surface area contributed by atoms with Gasteiger partial charge < -0.3 is 10.2 Å². The van der Waals surface area contributed by atoms with Crippen LogP contribution in [0.3, 0.4) is 0 Å². The van der Waals surface area contributed by atoms with E-state index in [2.05, 4.69) is 10.2 Å². The number of para-hydroxylation sites is 1. The number of anilines is 2. The van der Waals surface area contributed by atoms with E-state index >= 15 is 0 Å². The highest BCUT2D eigenvalue weighted by molar-refractivity contribution is 8.03. The third kappa shape index (κ3) is 5.20. The molecule has 3 rings (SSSR count). The first kappa shape index (κ1) is 21.4. The summed E-state index contributed by atoms with van der Waals surface area (Å²) in [7, 11) is 0.304. The van der Waals surface area contributed by atoms with Crippen molar-refractivity contribution in [3.8, 4) is 0 Å². The fourth-order valence-electron chi connectivity index (χ4n) is 2.97. The lowest BCUT2D eigenvalue weighted by Crippen LogP contribution is -2.31. The fourth-order valence-corrected chi connectivity index (χ4v) is 5.52. The summed E-state index contributed by atoms with van der Waals surface area (Å²) in [4.78, 5) is 15.6. The van der Waals surface area contributed by atoms with Crippen LogP contribution in [-0.2, 0) is 14.8 Å². The summed E-state index contributed by atoms with van der Waals surface area (Å²) in [6, 6.07) is 13.8. The Bertz CT molecular complexity index is 1020. The molecule has 1 aliphatic heterocycles. The molecule has 0 bridgehead atoms. The van der Waals surface area contributed by atoms with Crippen LogP contribution in [0.15, 0.2) is 69.3 Å². The minimum Gasteiger partial charge on any atom is -0.326 e. The van der Waals surface area contributed by atoms with Gasteiger partial charge in [-0.05, 0) is 61.8 Å². The lowest BCUT2D eigenvalue weighted by Gasteiger charge is -2.23. The van der Waals surface area contributed by atoms with Gasteiger partial charge in [-0.1, -0.05) is 30.0 Å². The summed E-state index contributed by atoms with van der Waals surface area (Å²) < 4.78 is 28.3. The molecule has 0 unspecified atom stereocenters. The van der Waals surface area contributed by atoms with E-state index in [1.807, 2.05) is 44.4 Å². The summed E-state index contributed by atoms with van der Waals surface area (Å²) in [5, 5.41) is 2.65. The van der Waals surface area contributed by atoms with E-state index in [1.54, 1.807) is 23.9 Å². The van der Waals surface area contributed by atoms with Crippen LogP contribution in [0.25, 0.3) is 0 Å². The molecule has 0 radical (unpaired) electrons. The van der Waals surface area contributed by atoms with E-state index in [4.69, 9.17) is 0 Å². The van der Waals surface area contributed by atoms with E-state index in [9.17, 15) is 13.2 Å². The summed E-state index contributed by atoms with van der Waals surface area (Å²) in [5.41, 5.74) is 1.24. The normalized spacial score (nSPS) is 14.2. The van der Waals surface area contributed by atoms with Crippen molar-refractivity contribution in [1.29, 1.82) is 0 Å². The Hall–Kier alpha value is -2.29. The molecule has 0 aromatic heterocycles. The van der Waals surface area contributed by atoms with Crippen molar-refractivity contribution in [3.63, 3.8) is 0 Å². The Morgan fingerprint density at radius 3 is 2.48 bits per heavy atom. The average Bonchev–Trinajstić information content (AvgIpc) is 2.86. The van der Waals surface area contributed by atoms with Crippen LogP contribution in [0, 0.1) is 0 Å². The molecule has 0 aliphatic carbocycles. The lowest BCUT2D eigenvalue weighted by atomic mass is 10.3. The molecule has 0 atom stereocenters. The Kier molecular flexibility index (Phi) is 6.66. The van der Waals surface area contributed by atoms with Crippen LogP contribution >= 0.6 is 11.8 Å². The van der Waals surface area contributed by atoms with E-state index in [-0.39, 0.29) is 17.3 Å². The minimum atomic E-state index is -3.75. The third-order valence-corrected chi connectivity index (χ3v) is 7.42. The van der Waals surface area contributed by atoms with Gasteiger partial charge in [0.15, 0.2) is 0 Å². The summed E-state index contributed by atoms with van der Waals surface area (Å²) in [5.74, 6) is -0.200. The van der Waals surface area contributed by atoms with Gasteiger partial charge in [-0.3, -0.25) is 9.10 Å². The Balaban J connectivity index is 1.94. The number of thioether (sulfide) groups is 1. The molecular weight excluding hydrogens is 406 g/mol. The number of fused-ring (bicyclic) bond motifs is 1. The largest absolute Gasteiger partial charge is 0.326 e. The monoisotopic (exact) mass is 431 g/mol. The molecule has 0 fully saturated rings. The number of benzene rings is 2. The molecule has 154 valence electrons. The van der Waals surface area contributed by atoms with Crippen molar-refractivity contribution >= 4 is 39.1 Å². The molecule has 6 nitrogen and oxygen atoms in total. The number of hydrogen-bond acceptors (Lipinski definition) is 5. The average molecular weight is 432 g/mol. The highest BCUT2D eigenvalue weighted by Crippen LogP contribution is 2.40. The Labute approximate surface area is 176 Å². The highest BCUT2D eigenvalue weighted by atomic mass is 32.2. The van der Waals surface area contributed by atoms with Crippen LogP contribution < -0.4 is 9.62 Å². The molecule has 1 amide bonds. The molecule has 0 spiro atoms. The van der Waals surface area contributed by atoms with Gasteiger partial charge >= 0.3 is 0 Å². The van der Waals surface area contributed by atoms with Crippen molar-refractivity contribution in [2.45, 2.75) is 23.1 Å². The topological polar surface area (TPSA) is 69.7 Å². The van der Waals surface area contributed by atoms with Gasteiger partial charge in [-0.2, -0.15) is 0 Å². The first-order valence-corrected chi connectivity index (χ1v) is 11.5. The predicted molar refractivity (Wildman–Crippen MR) is 119 cm³/mol. The number of nitrogens with zero attached hydrogens (tertiary/aromatic N) is 2. The van der Waals surface area contributed by atoms with Gasteiger partial charge in [0.2, 0.25) is 5.91 Å². The highest BCUT2D eigenvalue weighted by Gasteiger charge is 2.28. The van der Waals surface area contributed by atoms with Gasteiger partial charge in [0.1, 0.15) is 0 Å². The minimum absolute atomic E-state index is 0.191. The first-order chi connectivity index (χ1) is 13.8. The van der Waals surface area contributed by atoms with Gasteiger partial charge in [0.05, 0.1) is 17.1 Å². The van der Waals surface area contributed by atoms with Crippen molar-refractivity contribution < 1.29 is 13.2 Å². The number of hydrogen-bond donors (Lipinski definition) is 1. The molecule has 1 N–H and O–H groups in total. The van der Waals surface area contributed by atoms with Crippen molar-refractivity contribution in [2.75, 3.05) is 36.8 Å². The smallest absolute Gasteiger partial charge is 0.264 e. The maximum Gasteiger partial charge on any atom is 0.264 e. The number of rotatable bonds is 6. The second-order valence-corrected chi connectivity index (χ2v) is 10.1. The number of nitrogens with one attached hydrogen (secondary N) is 1. The molecule has 2 aromatic carbocycles. The van der Waals surface area contributed by atoms with E-state index < -0.39 is 10.0 Å². The summed E-state index contributed by atoms with van der Waals surface area (Å²) in [6.07, 6.45) is 2.86. The molecular formula is C21H25N3O3S2. The fraction of sp³-hybridized carbons (Fsp3) is 0.286. The van der Waals surface area contributed by atoms with Crippen LogP contribution in [0.4, 0.5) is 11.4 Å². The first-order valence-electron chi connectivity index (χ1n) is 9.28.